The molecule has 0 radical (unpaired) electrons. The Hall–Kier alpha value is -3.49. The molecule has 7 nitrogen and oxygen atoms in total. The fourth-order valence-electron chi connectivity index (χ4n) is 4.18. The van der Waals surface area contributed by atoms with Crippen molar-refractivity contribution in [1.82, 2.24) is 14.5 Å². The van der Waals surface area contributed by atoms with Gasteiger partial charge in [0.25, 0.3) is 0 Å². The minimum absolute atomic E-state index is 0.114. The van der Waals surface area contributed by atoms with Crippen LogP contribution in [-0.2, 0) is 32.6 Å². The molecule has 8 heteroatoms. The van der Waals surface area contributed by atoms with Crippen LogP contribution in [0.4, 0.5) is 0 Å². The van der Waals surface area contributed by atoms with Gasteiger partial charge in [0, 0.05) is 40.0 Å². The van der Waals surface area contributed by atoms with Gasteiger partial charge in [-0.25, -0.2) is 12.7 Å². The molecule has 0 saturated heterocycles. The summed E-state index contributed by atoms with van der Waals surface area (Å²) in [6.45, 7) is 2.45. The van der Waals surface area contributed by atoms with Crippen LogP contribution >= 0.6 is 0 Å². The van der Waals surface area contributed by atoms with E-state index in [0.29, 0.717) is 12.8 Å². The van der Waals surface area contributed by atoms with E-state index in [0.717, 1.165) is 16.7 Å². The number of aryl methyl sites for hydroxylation is 1. The van der Waals surface area contributed by atoms with Gasteiger partial charge in [-0.2, -0.15) is 0 Å². The third-order valence-electron chi connectivity index (χ3n) is 6.43. The van der Waals surface area contributed by atoms with Gasteiger partial charge in [-0.3, -0.25) is 9.59 Å². The Bertz CT molecular complexity index is 1280. The van der Waals surface area contributed by atoms with Gasteiger partial charge < -0.3 is 10.2 Å². The number of sulfonamides is 1. The Balaban J connectivity index is 1.79. The minimum atomic E-state index is -3.64. The lowest BCUT2D eigenvalue weighted by Gasteiger charge is -2.32. The van der Waals surface area contributed by atoms with E-state index in [2.05, 4.69) is 5.32 Å². The molecule has 0 spiro atoms. The first-order chi connectivity index (χ1) is 17.7. The highest BCUT2D eigenvalue weighted by molar-refractivity contribution is 7.89. The molecule has 1 N–H and O–H groups in total. The first-order valence-electron chi connectivity index (χ1n) is 12.3. The van der Waals surface area contributed by atoms with E-state index in [9.17, 15) is 18.0 Å². The summed E-state index contributed by atoms with van der Waals surface area (Å²) in [6.07, 6.45) is 0.820. The first-order valence-corrected chi connectivity index (χ1v) is 13.8. The number of amides is 2. The predicted molar refractivity (Wildman–Crippen MR) is 145 cm³/mol. The van der Waals surface area contributed by atoms with Crippen LogP contribution < -0.4 is 5.32 Å². The van der Waals surface area contributed by atoms with E-state index >= 15 is 0 Å². The molecular weight excluding hydrogens is 486 g/mol. The molecule has 0 aliphatic rings. The van der Waals surface area contributed by atoms with Crippen LogP contribution in [0.2, 0.25) is 0 Å². The van der Waals surface area contributed by atoms with Crippen molar-refractivity contribution in [3.63, 3.8) is 0 Å². The normalized spacial score (nSPS) is 12.2. The number of nitrogens with zero attached hydrogens (tertiary/aromatic N) is 2. The summed E-state index contributed by atoms with van der Waals surface area (Å²) in [4.78, 5) is 28.4. The molecule has 196 valence electrons. The number of hydrogen-bond acceptors (Lipinski definition) is 4. The van der Waals surface area contributed by atoms with E-state index in [4.69, 9.17) is 0 Å². The molecule has 0 heterocycles. The lowest BCUT2D eigenvalue weighted by atomic mass is 10.0. The number of likely N-dealkylation sites (N-methyl/N-ethyl adjacent to an activating group) is 1. The van der Waals surface area contributed by atoms with Crippen LogP contribution in [0.3, 0.4) is 0 Å². The van der Waals surface area contributed by atoms with Crippen LogP contribution in [0.1, 0.15) is 29.5 Å². The number of rotatable bonds is 12. The van der Waals surface area contributed by atoms with Crippen molar-refractivity contribution in [2.24, 2.45) is 0 Å². The molecule has 0 unspecified atom stereocenters. The zero-order valence-corrected chi connectivity index (χ0v) is 22.4. The predicted octanol–water partition coefficient (Wildman–Crippen LogP) is 3.78. The van der Waals surface area contributed by atoms with E-state index in [1.807, 2.05) is 61.5 Å². The average molecular weight is 522 g/mol. The molecule has 0 fully saturated rings. The fourth-order valence-corrected chi connectivity index (χ4v) is 5.41. The van der Waals surface area contributed by atoms with Gasteiger partial charge >= 0.3 is 0 Å². The van der Waals surface area contributed by atoms with E-state index < -0.39 is 16.1 Å². The Labute approximate surface area is 220 Å². The lowest BCUT2D eigenvalue weighted by Crippen LogP contribution is -2.49. The fraction of sp³-hybridized carbons (Fsp3) is 0.310. The van der Waals surface area contributed by atoms with Crippen LogP contribution in [0.15, 0.2) is 89.8 Å². The second-order valence-corrected chi connectivity index (χ2v) is 11.1. The third kappa shape index (κ3) is 7.50. The quantitative estimate of drug-likeness (QED) is 0.393. The number of carbonyl (C=O) groups is 2. The maximum absolute atomic E-state index is 13.6. The number of hydrogen-bond donors (Lipinski definition) is 1. The molecule has 2 amide bonds. The summed E-state index contributed by atoms with van der Waals surface area (Å²) in [6, 6.07) is 24.9. The lowest BCUT2D eigenvalue weighted by molar-refractivity contribution is -0.141. The second kappa shape index (κ2) is 13.2. The summed E-state index contributed by atoms with van der Waals surface area (Å²) in [5.74, 6) is -0.437. The number of carbonyl (C=O) groups excluding carboxylic acids is 2. The average Bonchev–Trinajstić information content (AvgIpc) is 2.92. The molecule has 3 aromatic rings. The molecule has 0 aliphatic carbocycles. The van der Waals surface area contributed by atoms with Gasteiger partial charge in [-0.05, 0) is 42.2 Å². The molecule has 1 atom stereocenters. The highest BCUT2D eigenvalue weighted by atomic mass is 32.2. The van der Waals surface area contributed by atoms with Crippen molar-refractivity contribution < 1.29 is 18.0 Å². The second-order valence-electron chi connectivity index (χ2n) is 9.01. The largest absolute Gasteiger partial charge is 0.357 e. The molecule has 0 bridgehead atoms. The van der Waals surface area contributed by atoms with E-state index in [1.54, 1.807) is 42.3 Å². The molecule has 0 saturated carbocycles. The number of nitrogens with one attached hydrogen (secondary N) is 1. The zero-order valence-electron chi connectivity index (χ0n) is 21.6. The highest BCUT2D eigenvalue weighted by Crippen LogP contribution is 2.19. The molecule has 37 heavy (non-hydrogen) atoms. The van der Waals surface area contributed by atoms with Crippen molar-refractivity contribution in [1.29, 1.82) is 0 Å². The smallest absolute Gasteiger partial charge is 0.242 e. The molecular formula is C29H35N3O4S. The van der Waals surface area contributed by atoms with Crippen LogP contribution in [0.5, 0.6) is 0 Å². The minimum Gasteiger partial charge on any atom is -0.357 e. The Kier molecular flexibility index (Phi) is 10.00. The number of benzene rings is 3. The van der Waals surface area contributed by atoms with Crippen LogP contribution in [0.25, 0.3) is 0 Å². The highest BCUT2D eigenvalue weighted by Gasteiger charge is 2.30. The van der Waals surface area contributed by atoms with Gasteiger partial charge in [-0.15, -0.1) is 0 Å². The van der Waals surface area contributed by atoms with E-state index in [-0.39, 0.29) is 36.2 Å². The zero-order chi connectivity index (χ0) is 26.8. The summed E-state index contributed by atoms with van der Waals surface area (Å²) < 4.78 is 26.9. The van der Waals surface area contributed by atoms with Gasteiger partial charge in [-0.1, -0.05) is 72.8 Å². The van der Waals surface area contributed by atoms with E-state index in [1.165, 1.54) is 11.4 Å². The molecule has 0 aliphatic heterocycles. The first kappa shape index (κ1) is 28.1. The maximum atomic E-state index is 13.6. The molecule has 3 aromatic carbocycles. The van der Waals surface area contributed by atoms with Crippen molar-refractivity contribution >= 4 is 21.8 Å². The van der Waals surface area contributed by atoms with Crippen molar-refractivity contribution in [2.75, 3.05) is 20.6 Å². The van der Waals surface area contributed by atoms with Crippen LogP contribution in [0, 0.1) is 6.92 Å². The summed E-state index contributed by atoms with van der Waals surface area (Å²) in [7, 11) is -0.557. The van der Waals surface area contributed by atoms with Crippen molar-refractivity contribution in [3.05, 3.63) is 102 Å². The van der Waals surface area contributed by atoms with Gasteiger partial charge in [0.15, 0.2) is 0 Å². The Morgan fingerprint density at radius 1 is 0.892 bits per heavy atom. The van der Waals surface area contributed by atoms with Gasteiger partial charge in [0.1, 0.15) is 6.04 Å². The topological polar surface area (TPSA) is 86.8 Å². The summed E-state index contributed by atoms with van der Waals surface area (Å²) >= 11 is 0. The summed E-state index contributed by atoms with van der Waals surface area (Å²) in [5.41, 5.74) is 2.94. The standard InChI is InChI=1S/C29H35N3O4S/c1-23-13-10-11-16-25(23)22-32(27(29(34)30-2)21-24-14-6-4-7-15-24)28(33)19-12-20-31(3)37(35,36)26-17-8-5-9-18-26/h4-11,13-18,27H,12,19-22H2,1-3H3,(H,30,34)/t27-/m0/s1. The van der Waals surface area contributed by atoms with Crippen molar-refractivity contribution in [3.8, 4) is 0 Å². The summed E-state index contributed by atoms with van der Waals surface area (Å²) in [5, 5.41) is 2.71. The third-order valence-corrected chi connectivity index (χ3v) is 8.31. The molecule has 3 rings (SSSR count). The SMILES string of the molecule is CNC(=O)[C@H](Cc1ccccc1)N(Cc1ccccc1C)C(=O)CCCN(C)S(=O)(=O)c1ccccc1. The van der Waals surface area contributed by atoms with Crippen molar-refractivity contribution in [2.45, 2.75) is 43.7 Å². The monoisotopic (exact) mass is 521 g/mol. The van der Waals surface area contributed by atoms with Gasteiger partial charge in [0.05, 0.1) is 4.90 Å². The molecule has 0 aromatic heterocycles. The van der Waals surface area contributed by atoms with Crippen LogP contribution in [-0.4, -0.2) is 56.1 Å². The maximum Gasteiger partial charge on any atom is 0.242 e. The Morgan fingerprint density at radius 3 is 2.11 bits per heavy atom. The Morgan fingerprint density at radius 2 is 1.49 bits per heavy atom. The van der Waals surface area contributed by atoms with Gasteiger partial charge in [0.2, 0.25) is 21.8 Å².